The van der Waals surface area contributed by atoms with E-state index in [0.717, 1.165) is 25.7 Å². The molecule has 1 amide bonds. The van der Waals surface area contributed by atoms with Gasteiger partial charge in [0.05, 0.1) is 17.9 Å². The molecule has 0 unspecified atom stereocenters. The lowest BCUT2D eigenvalue weighted by molar-refractivity contribution is -0.187. The molecule has 2 saturated carbocycles. The summed E-state index contributed by atoms with van der Waals surface area (Å²) in [4.78, 5) is 37.7. The number of esters is 1. The first-order valence-electron chi connectivity index (χ1n) is 15.0. The van der Waals surface area contributed by atoms with Crippen molar-refractivity contribution >= 4 is 29.4 Å². The molecule has 2 bridgehead atoms. The molecule has 0 radical (unpaired) electrons. The van der Waals surface area contributed by atoms with Crippen LogP contribution in [-0.2, 0) is 19.1 Å². The SMILES string of the molecule is C=C[C@]1(C)C[C@@H](OC(=O)CSC(C)(C)CNC(=O)[C@H](N)C(C)C)[C@@]2(C)C[C@](CCC(C)=O)(CC[C@H]2C)[C@@H](C)[C@@H]1O. The van der Waals surface area contributed by atoms with Crippen LogP contribution in [0, 0.1) is 34.0 Å². The van der Waals surface area contributed by atoms with Crippen molar-refractivity contribution in [2.24, 2.45) is 39.7 Å². The van der Waals surface area contributed by atoms with Crippen LogP contribution in [0.3, 0.4) is 0 Å². The standard InChI is InChI=1S/C32H56N2O5S/c1-11-30(9)16-24(39-25(36)17-40-29(7,8)19-34-28(38)26(33)20(2)3)31(10)18-32(14-12-21(31)4,15-13-22(5)35)23(6)27(30)37/h11,20-21,23-24,26-27,37H,1,12-19,33H2,2-10H3,(H,34,38)/t21-,23+,24-,26-,27+,30-,31+,32-/m1/s1. The summed E-state index contributed by atoms with van der Waals surface area (Å²) in [5.74, 6) is 0.169. The predicted octanol–water partition coefficient (Wildman–Crippen LogP) is 5.28. The van der Waals surface area contributed by atoms with Crippen molar-refractivity contribution in [3.63, 3.8) is 0 Å². The molecular weight excluding hydrogens is 524 g/mol. The van der Waals surface area contributed by atoms with Gasteiger partial charge in [0, 0.05) is 28.5 Å². The highest BCUT2D eigenvalue weighted by Crippen LogP contribution is 2.62. The fourth-order valence-corrected chi connectivity index (χ4v) is 7.55. The monoisotopic (exact) mass is 580 g/mol. The highest BCUT2D eigenvalue weighted by atomic mass is 32.2. The van der Waals surface area contributed by atoms with E-state index in [0.29, 0.717) is 25.3 Å². The molecule has 7 nitrogen and oxygen atoms in total. The van der Waals surface area contributed by atoms with Crippen molar-refractivity contribution in [1.82, 2.24) is 5.32 Å². The Balaban J connectivity index is 2.25. The Labute approximate surface area is 247 Å². The molecule has 8 atom stereocenters. The van der Waals surface area contributed by atoms with E-state index in [4.69, 9.17) is 10.5 Å². The molecular formula is C32H56N2O5S. The number of carbonyl (C=O) groups excluding carboxylic acids is 3. The lowest BCUT2D eigenvalue weighted by atomic mass is 9.47. The second-order valence-corrected chi connectivity index (χ2v) is 16.0. The summed E-state index contributed by atoms with van der Waals surface area (Å²) < 4.78 is 5.94. The van der Waals surface area contributed by atoms with Crippen LogP contribution in [0.15, 0.2) is 12.7 Å². The Hall–Kier alpha value is -1.38. The van der Waals surface area contributed by atoms with Gasteiger partial charge in [-0.1, -0.05) is 47.6 Å². The van der Waals surface area contributed by atoms with Gasteiger partial charge in [-0.3, -0.25) is 9.59 Å². The van der Waals surface area contributed by atoms with Crippen LogP contribution in [0.4, 0.5) is 0 Å². The smallest absolute Gasteiger partial charge is 0.316 e. The van der Waals surface area contributed by atoms with Gasteiger partial charge in [-0.2, -0.15) is 0 Å². The number of hydrogen-bond acceptors (Lipinski definition) is 7. The number of thioether (sulfide) groups is 1. The largest absolute Gasteiger partial charge is 0.461 e. The Morgan fingerprint density at radius 3 is 2.42 bits per heavy atom. The average molecular weight is 581 g/mol. The zero-order chi connectivity index (χ0) is 30.7. The molecule has 2 fully saturated rings. The van der Waals surface area contributed by atoms with E-state index in [1.807, 2.05) is 40.7 Å². The number of ketones is 1. The third-order valence-electron chi connectivity index (χ3n) is 10.4. The van der Waals surface area contributed by atoms with Gasteiger partial charge in [0.15, 0.2) is 0 Å². The molecule has 0 heterocycles. The minimum Gasteiger partial charge on any atom is -0.461 e. The molecule has 2 rings (SSSR count). The lowest BCUT2D eigenvalue weighted by Crippen LogP contribution is -2.58. The molecule has 0 saturated heterocycles. The molecule has 0 aliphatic heterocycles. The van der Waals surface area contributed by atoms with Crippen molar-refractivity contribution in [3.05, 3.63) is 12.7 Å². The minimum absolute atomic E-state index is 0.0197. The normalized spacial score (nSPS) is 35.3. The molecule has 0 spiro atoms. The molecule has 0 aromatic carbocycles. The average Bonchev–Trinajstić information content (AvgIpc) is 2.89. The Morgan fingerprint density at radius 1 is 1.25 bits per heavy atom. The quantitative estimate of drug-likeness (QED) is 0.212. The second-order valence-electron chi connectivity index (χ2n) is 14.3. The molecule has 0 aromatic rings. The maximum atomic E-state index is 13.4. The van der Waals surface area contributed by atoms with Crippen LogP contribution < -0.4 is 11.1 Å². The molecule has 2 aliphatic rings. The van der Waals surface area contributed by atoms with Crippen molar-refractivity contribution < 1.29 is 24.2 Å². The zero-order valence-electron chi connectivity index (χ0n) is 26.5. The van der Waals surface area contributed by atoms with Gasteiger partial charge in [-0.25, -0.2) is 0 Å². The molecule has 4 N–H and O–H groups in total. The van der Waals surface area contributed by atoms with E-state index in [2.05, 4.69) is 32.7 Å². The van der Waals surface area contributed by atoms with E-state index in [9.17, 15) is 19.5 Å². The minimum atomic E-state index is -0.662. The van der Waals surface area contributed by atoms with Gasteiger partial charge in [0.1, 0.15) is 11.9 Å². The molecule has 2 aliphatic carbocycles. The number of carbonyl (C=O) groups is 3. The van der Waals surface area contributed by atoms with Crippen LogP contribution >= 0.6 is 11.8 Å². The van der Waals surface area contributed by atoms with Gasteiger partial charge >= 0.3 is 5.97 Å². The summed E-state index contributed by atoms with van der Waals surface area (Å²) in [6.07, 6.45) is 5.19. The van der Waals surface area contributed by atoms with E-state index in [1.54, 1.807) is 6.92 Å². The summed E-state index contributed by atoms with van der Waals surface area (Å²) in [6.45, 7) is 22.5. The number of Topliss-reactive ketones (excluding diaryl/α,β-unsaturated/α-hetero) is 1. The summed E-state index contributed by atoms with van der Waals surface area (Å²) in [5, 5.41) is 14.6. The zero-order valence-corrected chi connectivity index (χ0v) is 27.3. The number of ether oxygens (including phenoxy) is 1. The predicted molar refractivity (Wildman–Crippen MR) is 164 cm³/mol. The van der Waals surface area contributed by atoms with Gasteiger partial charge < -0.3 is 25.7 Å². The maximum absolute atomic E-state index is 13.4. The molecule has 8 heteroatoms. The van der Waals surface area contributed by atoms with E-state index < -0.39 is 28.4 Å². The maximum Gasteiger partial charge on any atom is 0.316 e. The van der Waals surface area contributed by atoms with E-state index in [-0.39, 0.29) is 46.1 Å². The summed E-state index contributed by atoms with van der Waals surface area (Å²) >= 11 is 1.45. The summed E-state index contributed by atoms with van der Waals surface area (Å²) in [5.41, 5.74) is 4.81. The molecule has 40 heavy (non-hydrogen) atoms. The Kier molecular flexibility index (Phi) is 11.6. The number of fused-ring (bicyclic) bond motifs is 2. The Bertz CT molecular complexity index is 938. The highest BCUT2D eigenvalue weighted by Gasteiger charge is 2.58. The van der Waals surface area contributed by atoms with Crippen molar-refractivity contribution in [3.8, 4) is 0 Å². The fourth-order valence-electron chi connectivity index (χ4n) is 6.80. The number of hydrogen-bond donors (Lipinski definition) is 3. The van der Waals surface area contributed by atoms with Gasteiger partial charge in [-0.15, -0.1) is 18.3 Å². The molecule has 230 valence electrons. The number of aliphatic hydroxyl groups is 1. The first-order valence-corrected chi connectivity index (χ1v) is 16.0. The van der Waals surface area contributed by atoms with E-state index >= 15 is 0 Å². The molecule has 0 aromatic heterocycles. The summed E-state index contributed by atoms with van der Waals surface area (Å²) in [6, 6.07) is -0.567. The summed E-state index contributed by atoms with van der Waals surface area (Å²) in [7, 11) is 0. The van der Waals surface area contributed by atoms with Crippen molar-refractivity contribution in [1.29, 1.82) is 0 Å². The second kappa shape index (κ2) is 13.3. The van der Waals surface area contributed by atoms with E-state index in [1.165, 1.54) is 11.8 Å². The third-order valence-corrected chi connectivity index (χ3v) is 11.7. The van der Waals surface area contributed by atoms with Crippen LogP contribution in [0.1, 0.15) is 101 Å². The number of nitrogens with one attached hydrogen (secondary N) is 1. The lowest BCUT2D eigenvalue weighted by Gasteiger charge is -2.60. The highest BCUT2D eigenvalue weighted by molar-refractivity contribution is 8.01. The van der Waals surface area contributed by atoms with Crippen LogP contribution in [-0.4, -0.2) is 58.1 Å². The van der Waals surface area contributed by atoms with Crippen molar-refractivity contribution in [2.45, 2.75) is 124 Å². The fraction of sp³-hybridized carbons (Fsp3) is 0.844. The van der Waals surface area contributed by atoms with Gasteiger partial charge in [0.25, 0.3) is 0 Å². The van der Waals surface area contributed by atoms with Gasteiger partial charge in [0.2, 0.25) is 5.91 Å². The van der Waals surface area contributed by atoms with Gasteiger partial charge in [-0.05, 0) is 76.0 Å². The first-order chi connectivity index (χ1) is 18.3. The third kappa shape index (κ3) is 7.91. The number of nitrogens with two attached hydrogens (primary N) is 1. The number of amides is 1. The number of rotatable bonds is 12. The topological polar surface area (TPSA) is 119 Å². The van der Waals surface area contributed by atoms with Crippen LogP contribution in [0.5, 0.6) is 0 Å². The first kappa shape index (κ1) is 34.8. The number of aliphatic hydroxyl groups excluding tert-OH is 1. The van der Waals surface area contributed by atoms with Crippen LogP contribution in [0.25, 0.3) is 0 Å². The Morgan fingerprint density at radius 2 is 1.88 bits per heavy atom. The van der Waals surface area contributed by atoms with Crippen LogP contribution in [0.2, 0.25) is 0 Å². The van der Waals surface area contributed by atoms with Crippen molar-refractivity contribution in [2.75, 3.05) is 12.3 Å².